The van der Waals surface area contributed by atoms with Crippen LogP contribution < -0.4 is 4.90 Å². The lowest BCUT2D eigenvalue weighted by Crippen LogP contribution is -2.40. The third kappa shape index (κ3) is 3.72. The molecule has 8 heteroatoms. The zero-order valence-corrected chi connectivity index (χ0v) is 13.6. The van der Waals surface area contributed by atoms with Gasteiger partial charge in [-0.3, -0.25) is 0 Å². The summed E-state index contributed by atoms with van der Waals surface area (Å²) in [5.41, 5.74) is 1.13. The number of nitrogens with zero attached hydrogens (tertiary/aromatic N) is 3. The van der Waals surface area contributed by atoms with Gasteiger partial charge < -0.3 is 4.90 Å². The van der Waals surface area contributed by atoms with E-state index in [0.29, 0.717) is 24.5 Å². The number of anilines is 1. The first-order chi connectivity index (χ1) is 10.0. The highest BCUT2D eigenvalue weighted by atomic mass is 35.5. The van der Waals surface area contributed by atoms with Crippen molar-refractivity contribution in [3.63, 3.8) is 0 Å². The topological polar surface area (TPSA) is 63.2 Å². The summed E-state index contributed by atoms with van der Waals surface area (Å²) in [6.07, 6.45) is 0.709. The molecule has 0 atom stereocenters. The van der Waals surface area contributed by atoms with E-state index in [1.54, 1.807) is 0 Å². The number of halogens is 1. The first kappa shape index (κ1) is 14.7. The predicted molar refractivity (Wildman–Crippen MR) is 85.0 cm³/mol. The average molecular weight is 344 g/mol. The zero-order valence-electron chi connectivity index (χ0n) is 11.2. The van der Waals surface area contributed by atoms with Crippen LogP contribution in [0.5, 0.6) is 0 Å². The van der Waals surface area contributed by atoms with Crippen molar-refractivity contribution in [1.82, 2.24) is 10.2 Å². The van der Waals surface area contributed by atoms with Crippen molar-refractivity contribution in [3.05, 3.63) is 39.9 Å². The van der Waals surface area contributed by atoms with E-state index in [2.05, 4.69) is 10.2 Å². The Labute approximate surface area is 132 Å². The molecule has 1 aliphatic rings. The molecule has 0 radical (unpaired) electrons. The van der Waals surface area contributed by atoms with Gasteiger partial charge in [0.1, 0.15) is 5.01 Å². The lowest BCUT2D eigenvalue weighted by molar-refractivity contribution is 0.586. The molecule has 0 N–H and O–H groups in total. The monoisotopic (exact) mass is 343 g/mol. The van der Waals surface area contributed by atoms with Crippen LogP contribution in [0.2, 0.25) is 5.02 Å². The van der Waals surface area contributed by atoms with Crippen LogP contribution in [0.25, 0.3) is 0 Å². The van der Waals surface area contributed by atoms with Crippen molar-refractivity contribution < 1.29 is 8.42 Å². The minimum atomic E-state index is -2.87. The minimum absolute atomic E-state index is 0.194. The molecule has 0 amide bonds. The molecule has 112 valence electrons. The van der Waals surface area contributed by atoms with Gasteiger partial charge in [0, 0.05) is 24.5 Å². The first-order valence-electron chi connectivity index (χ1n) is 6.54. The van der Waals surface area contributed by atoms with E-state index in [9.17, 15) is 8.42 Å². The molecule has 0 aliphatic carbocycles. The standard InChI is InChI=1S/C13H14ClN3O2S2/c14-11-3-1-10(2-4-11)9-12-15-16-13(20-12)17-5-7-21(18,19)8-6-17/h1-4H,5-9H2. The van der Waals surface area contributed by atoms with Crippen LogP contribution in [-0.4, -0.2) is 43.2 Å². The molecule has 1 aliphatic heterocycles. The zero-order chi connectivity index (χ0) is 14.9. The molecule has 0 spiro atoms. The Kier molecular flexibility index (Phi) is 4.14. The van der Waals surface area contributed by atoms with E-state index >= 15 is 0 Å². The van der Waals surface area contributed by atoms with E-state index in [-0.39, 0.29) is 11.5 Å². The van der Waals surface area contributed by atoms with E-state index in [1.165, 1.54) is 11.3 Å². The largest absolute Gasteiger partial charge is 0.345 e. The molecule has 0 unspecified atom stereocenters. The quantitative estimate of drug-likeness (QED) is 0.853. The van der Waals surface area contributed by atoms with E-state index in [0.717, 1.165) is 15.7 Å². The maximum Gasteiger partial charge on any atom is 0.208 e. The van der Waals surface area contributed by atoms with Gasteiger partial charge in [0.05, 0.1) is 11.5 Å². The van der Waals surface area contributed by atoms with Crippen LogP contribution in [0.4, 0.5) is 5.13 Å². The molecule has 2 aromatic rings. The van der Waals surface area contributed by atoms with Gasteiger partial charge in [-0.05, 0) is 17.7 Å². The summed E-state index contributed by atoms with van der Waals surface area (Å²) in [5.74, 6) is 0.387. The Morgan fingerprint density at radius 3 is 2.48 bits per heavy atom. The van der Waals surface area contributed by atoms with Gasteiger partial charge in [-0.15, -0.1) is 10.2 Å². The second-order valence-corrected chi connectivity index (χ2v) is 8.70. The molecule has 5 nitrogen and oxygen atoms in total. The lowest BCUT2D eigenvalue weighted by atomic mass is 10.2. The number of rotatable bonds is 3. The number of hydrogen-bond acceptors (Lipinski definition) is 6. The average Bonchev–Trinajstić information content (AvgIpc) is 2.90. The fourth-order valence-corrected chi connectivity index (χ4v) is 4.38. The first-order valence-corrected chi connectivity index (χ1v) is 9.56. The molecule has 21 heavy (non-hydrogen) atoms. The van der Waals surface area contributed by atoms with Crippen molar-refractivity contribution in [2.45, 2.75) is 6.42 Å². The summed E-state index contributed by atoms with van der Waals surface area (Å²) in [7, 11) is -2.87. The highest BCUT2D eigenvalue weighted by Crippen LogP contribution is 2.24. The predicted octanol–water partition coefficient (Wildman–Crippen LogP) is 2.02. The number of hydrogen-bond donors (Lipinski definition) is 0. The third-order valence-corrected chi connectivity index (χ3v) is 6.18. The SMILES string of the molecule is O=S1(=O)CCN(c2nnc(Cc3ccc(Cl)cc3)s2)CC1. The second kappa shape index (κ2) is 5.90. The Morgan fingerprint density at radius 2 is 1.81 bits per heavy atom. The molecule has 0 bridgehead atoms. The second-order valence-electron chi connectivity index (χ2n) is 4.92. The summed E-state index contributed by atoms with van der Waals surface area (Å²) in [4.78, 5) is 1.99. The van der Waals surface area contributed by atoms with Crippen LogP contribution in [0, 0.1) is 0 Å². The van der Waals surface area contributed by atoms with Crippen molar-refractivity contribution in [1.29, 1.82) is 0 Å². The molecule has 1 aromatic heterocycles. The van der Waals surface area contributed by atoms with Gasteiger partial charge in [-0.1, -0.05) is 35.1 Å². The fraction of sp³-hybridized carbons (Fsp3) is 0.385. The van der Waals surface area contributed by atoms with Crippen molar-refractivity contribution >= 4 is 37.9 Å². The van der Waals surface area contributed by atoms with E-state index < -0.39 is 9.84 Å². The molecule has 2 heterocycles. The molecule has 1 saturated heterocycles. The van der Waals surface area contributed by atoms with Crippen molar-refractivity contribution in [2.75, 3.05) is 29.5 Å². The molecule has 0 saturated carbocycles. The van der Waals surface area contributed by atoms with Crippen LogP contribution >= 0.6 is 22.9 Å². The van der Waals surface area contributed by atoms with Crippen LogP contribution in [0.15, 0.2) is 24.3 Å². The number of sulfone groups is 1. The third-order valence-electron chi connectivity index (χ3n) is 3.34. The minimum Gasteiger partial charge on any atom is -0.345 e. The van der Waals surface area contributed by atoms with Gasteiger partial charge in [0.25, 0.3) is 0 Å². The molecule has 1 aromatic carbocycles. The maximum absolute atomic E-state index is 11.4. The summed E-state index contributed by atoms with van der Waals surface area (Å²) in [5, 5.41) is 10.8. The summed E-state index contributed by atoms with van der Waals surface area (Å²) >= 11 is 7.38. The van der Waals surface area contributed by atoms with Crippen LogP contribution in [0.3, 0.4) is 0 Å². The van der Waals surface area contributed by atoms with Crippen molar-refractivity contribution in [3.8, 4) is 0 Å². The lowest BCUT2D eigenvalue weighted by Gasteiger charge is -2.25. The molecular weight excluding hydrogens is 330 g/mol. The summed E-state index contributed by atoms with van der Waals surface area (Å²) in [6, 6.07) is 7.65. The Bertz CT molecular complexity index is 714. The summed E-state index contributed by atoms with van der Waals surface area (Å²) < 4.78 is 22.9. The molecular formula is C13H14ClN3O2S2. The van der Waals surface area contributed by atoms with E-state index in [4.69, 9.17) is 11.6 Å². The van der Waals surface area contributed by atoms with E-state index in [1.807, 2.05) is 29.2 Å². The Balaban J connectivity index is 1.68. The van der Waals surface area contributed by atoms with Crippen molar-refractivity contribution in [2.24, 2.45) is 0 Å². The van der Waals surface area contributed by atoms with Crippen LogP contribution in [0.1, 0.15) is 10.6 Å². The Morgan fingerprint density at radius 1 is 1.14 bits per heavy atom. The number of aromatic nitrogens is 2. The van der Waals surface area contributed by atoms with Gasteiger partial charge in [0.15, 0.2) is 9.84 Å². The van der Waals surface area contributed by atoms with Crippen LogP contribution in [-0.2, 0) is 16.3 Å². The summed E-state index contributed by atoms with van der Waals surface area (Å²) in [6.45, 7) is 0.996. The maximum atomic E-state index is 11.4. The fourth-order valence-electron chi connectivity index (χ4n) is 2.12. The highest BCUT2D eigenvalue weighted by molar-refractivity contribution is 7.91. The van der Waals surface area contributed by atoms with Gasteiger partial charge in [-0.2, -0.15) is 0 Å². The molecule has 1 fully saturated rings. The van der Waals surface area contributed by atoms with Gasteiger partial charge >= 0.3 is 0 Å². The smallest absolute Gasteiger partial charge is 0.208 e. The van der Waals surface area contributed by atoms with Gasteiger partial charge in [0.2, 0.25) is 5.13 Å². The molecule has 3 rings (SSSR count). The number of benzene rings is 1. The highest BCUT2D eigenvalue weighted by Gasteiger charge is 2.23. The Hall–Kier alpha value is -1.18. The normalized spacial score (nSPS) is 17.9. The van der Waals surface area contributed by atoms with Gasteiger partial charge in [-0.25, -0.2) is 8.42 Å².